The average molecular weight is 377 g/mol. The lowest BCUT2D eigenvalue weighted by atomic mass is 10.00. The van der Waals surface area contributed by atoms with Crippen molar-refractivity contribution in [2.24, 2.45) is 7.05 Å². The number of rotatable bonds is 4. The lowest BCUT2D eigenvalue weighted by Gasteiger charge is -2.39. The number of para-hydroxylation sites is 1. The van der Waals surface area contributed by atoms with E-state index in [0.29, 0.717) is 13.2 Å². The Bertz CT molecular complexity index is 992. The second-order valence-corrected chi connectivity index (χ2v) is 7.45. The highest BCUT2D eigenvalue weighted by molar-refractivity contribution is 5.33. The van der Waals surface area contributed by atoms with Crippen molar-refractivity contribution in [1.29, 1.82) is 0 Å². The third-order valence-electron chi connectivity index (χ3n) is 5.85. The fraction of sp³-hybridized carbons (Fsp3) is 0.348. The second kappa shape index (κ2) is 7.78. The summed E-state index contributed by atoms with van der Waals surface area (Å²) in [7, 11) is 1.95. The first kappa shape index (κ1) is 18.7. The van der Waals surface area contributed by atoms with Gasteiger partial charge in [-0.15, -0.1) is 0 Å². The molecule has 4 rings (SSSR count). The minimum absolute atomic E-state index is 0.0234. The van der Waals surface area contributed by atoms with Crippen molar-refractivity contribution in [3.63, 3.8) is 0 Å². The van der Waals surface area contributed by atoms with Crippen LogP contribution in [-0.2, 0) is 18.3 Å². The van der Waals surface area contributed by atoms with Crippen molar-refractivity contribution in [1.82, 2.24) is 14.3 Å². The van der Waals surface area contributed by atoms with E-state index in [0.717, 1.165) is 23.5 Å². The average Bonchev–Trinajstić information content (AvgIpc) is 2.94. The van der Waals surface area contributed by atoms with Crippen LogP contribution in [0.2, 0.25) is 0 Å². The Morgan fingerprint density at radius 2 is 1.68 bits per heavy atom. The largest absolute Gasteiger partial charge is 0.371 e. The zero-order chi connectivity index (χ0) is 19.7. The summed E-state index contributed by atoms with van der Waals surface area (Å²) < 4.78 is 9.78. The van der Waals surface area contributed by atoms with Crippen molar-refractivity contribution < 1.29 is 4.74 Å². The lowest BCUT2D eigenvalue weighted by Crippen LogP contribution is -2.45. The molecular weight excluding hydrogens is 350 g/mol. The van der Waals surface area contributed by atoms with Gasteiger partial charge in [-0.3, -0.25) is 14.4 Å². The molecule has 1 fully saturated rings. The number of ether oxygens (including phenoxy) is 1. The van der Waals surface area contributed by atoms with Gasteiger partial charge in [-0.05, 0) is 31.5 Å². The number of nitrogens with zero attached hydrogens (tertiary/aromatic N) is 3. The van der Waals surface area contributed by atoms with Gasteiger partial charge in [0.2, 0.25) is 0 Å². The maximum absolute atomic E-state index is 13.2. The van der Waals surface area contributed by atoms with Gasteiger partial charge in [0, 0.05) is 31.9 Å². The smallest absolute Gasteiger partial charge is 0.276 e. The van der Waals surface area contributed by atoms with E-state index in [1.807, 2.05) is 67.2 Å². The number of benzene rings is 2. The van der Waals surface area contributed by atoms with E-state index in [9.17, 15) is 4.79 Å². The number of morpholine rings is 1. The van der Waals surface area contributed by atoms with Gasteiger partial charge in [-0.2, -0.15) is 0 Å². The van der Waals surface area contributed by atoms with Crippen LogP contribution in [0, 0.1) is 6.92 Å². The molecule has 3 aromatic rings. The molecule has 0 bridgehead atoms. The molecular formula is C23H27N3O2. The van der Waals surface area contributed by atoms with Gasteiger partial charge in [-0.1, -0.05) is 48.5 Å². The van der Waals surface area contributed by atoms with Gasteiger partial charge in [0.05, 0.1) is 24.0 Å². The van der Waals surface area contributed by atoms with E-state index in [1.54, 1.807) is 4.68 Å². The van der Waals surface area contributed by atoms with Crippen LogP contribution in [0.25, 0.3) is 5.69 Å². The van der Waals surface area contributed by atoms with Crippen LogP contribution in [0.1, 0.15) is 29.8 Å². The first-order valence-corrected chi connectivity index (χ1v) is 9.81. The van der Waals surface area contributed by atoms with E-state index >= 15 is 0 Å². The van der Waals surface area contributed by atoms with Crippen molar-refractivity contribution >= 4 is 0 Å². The van der Waals surface area contributed by atoms with Crippen LogP contribution in [0.4, 0.5) is 0 Å². The van der Waals surface area contributed by atoms with Crippen molar-refractivity contribution in [2.45, 2.75) is 32.5 Å². The van der Waals surface area contributed by atoms with Gasteiger partial charge in [-0.25, -0.2) is 4.68 Å². The third kappa shape index (κ3) is 3.32. The van der Waals surface area contributed by atoms with Gasteiger partial charge >= 0.3 is 0 Å². The van der Waals surface area contributed by atoms with Crippen LogP contribution >= 0.6 is 0 Å². The van der Waals surface area contributed by atoms with Gasteiger partial charge in [0.15, 0.2) is 0 Å². The Hall–Kier alpha value is -2.63. The molecule has 5 nitrogen and oxygen atoms in total. The monoisotopic (exact) mass is 377 g/mol. The number of hydrogen-bond donors (Lipinski definition) is 0. The first-order valence-electron chi connectivity index (χ1n) is 9.81. The topological polar surface area (TPSA) is 39.4 Å². The molecule has 0 amide bonds. The van der Waals surface area contributed by atoms with E-state index in [2.05, 4.69) is 24.0 Å². The predicted octanol–water partition coefficient (Wildman–Crippen LogP) is 3.45. The van der Waals surface area contributed by atoms with Crippen LogP contribution in [0.5, 0.6) is 0 Å². The molecule has 0 N–H and O–H groups in total. The SMILES string of the molecule is Cc1c(CN2CCO[C@H](c3ccccc3)[C@H]2C)c(=O)n(-c2ccccc2)n1C. The quantitative estimate of drug-likeness (QED) is 0.699. The van der Waals surface area contributed by atoms with E-state index in [1.165, 1.54) is 5.56 Å². The van der Waals surface area contributed by atoms with Crippen LogP contribution in [-0.4, -0.2) is 33.5 Å². The summed E-state index contributed by atoms with van der Waals surface area (Å²) in [5.41, 5.74) is 3.99. The summed E-state index contributed by atoms with van der Waals surface area (Å²) >= 11 is 0. The number of aromatic nitrogens is 2. The Labute approximate surface area is 165 Å². The molecule has 1 aliphatic rings. The second-order valence-electron chi connectivity index (χ2n) is 7.45. The van der Waals surface area contributed by atoms with Gasteiger partial charge in [0.1, 0.15) is 0 Å². The highest BCUT2D eigenvalue weighted by atomic mass is 16.5. The molecule has 1 aromatic heterocycles. The Kier molecular flexibility index (Phi) is 5.20. The molecule has 2 aromatic carbocycles. The minimum Gasteiger partial charge on any atom is -0.371 e. The molecule has 1 aliphatic heterocycles. The summed E-state index contributed by atoms with van der Waals surface area (Å²) in [5, 5.41) is 0. The molecule has 2 heterocycles. The normalized spacial score (nSPS) is 20.4. The molecule has 1 saturated heterocycles. The Morgan fingerprint density at radius 3 is 2.36 bits per heavy atom. The van der Waals surface area contributed by atoms with Gasteiger partial charge < -0.3 is 4.74 Å². The molecule has 0 spiro atoms. The predicted molar refractivity (Wildman–Crippen MR) is 111 cm³/mol. The number of hydrogen-bond acceptors (Lipinski definition) is 3. The van der Waals surface area contributed by atoms with Crippen LogP contribution in [0.3, 0.4) is 0 Å². The molecule has 28 heavy (non-hydrogen) atoms. The summed E-state index contributed by atoms with van der Waals surface area (Å²) in [4.78, 5) is 15.6. The zero-order valence-electron chi connectivity index (χ0n) is 16.7. The lowest BCUT2D eigenvalue weighted by molar-refractivity contribution is -0.0704. The standard InChI is InChI=1S/C23H27N3O2/c1-17-21(23(27)26(24(17)3)20-12-8-5-9-13-20)16-25-14-15-28-22(18(25)2)19-10-6-4-7-11-19/h4-13,18,22H,14-16H2,1-3H3/t18-,22+/m1/s1. The maximum Gasteiger partial charge on any atom is 0.276 e. The molecule has 146 valence electrons. The zero-order valence-corrected chi connectivity index (χ0v) is 16.7. The maximum atomic E-state index is 13.2. The fourth-order valence-electron chi connectivity index (χ4n) is 4.08. The highest BCUT2D eigenvalue weighted by Crippen LogP contribution is 2.29. The summed E-state index contributed by atoms with van der Waals surface area (Å²) in [6, 6.07) is 20.3. The summed E-state index contributed by atoms with van der Waals surface area (Å²) in [5.74, 6) is 0. The van der Waals surface area contributed by atoms with Gasteiger partial charge in [0.25, 0.3) is 5.56 Å². The van der Waals surface area contributed by atoms with Crippen LogP contribution < -0.4 is 5.56 Å². The minimum atomic E-state index is 0.0234. The molecule has 0 saturated carbocycles. The Morgan fingerprint density at radius 1 is 1.04 bits per heavy atom. The van der Waals surface area contributed by atoms with E-state index in [4.69, 9.17) is 4.74 Å². The Balaban J connectivity index is 1.63. The fourth-order valence-corrected chi connectivity index (χ4v) is 4.08. The van der Waals surface area contributed by atoms with E-state index < -0.39 is 0 Å². The highest BCUT2D eigenvalue weighted by Gasteiger charge is 2.31. The van der Waals surface area contributed by atoms with Crippen molar-refractivity contribution in [3.05, 3.63) is 87.8 Å². The van der Waals surface area contributed by atoms with Crippen LogP contribution in [0.15, 0.2) is 65.5 Å². The molecule has 0 unspecified atom stereocenters. The summed E-state index contributed by atoms with van der Waals surface area (Å²) in [6.07, 6.45) is 0.0234. The third-order valence-corrected chi connectivity index (χ3v) is 5.85. The van der Waals surface area contributed by atoms with E-state index in [-0.39, 0.29) is 17.7 Å². The molecule has 0 radical (unpaired) electrons. The molecule has 2 atom stereocenters. The molecule has 0 aliphatic carbocycles. The van der Waals surface area contributed by atoms with Crippen molar-refractivity contribution in [2.75, 3.05) is 13.2 Å². The summed E-state index contributed by atoms with van der Waals surface area (Å²) in [6.45, 7) is 6.33. The molecule has 5 heteroatoms. The van der Waals surface area contributed by atoms with Crippen molar-refractivity contribution in [3.8, 4) is 5.69 Å². The first-order chi connectivity index (χ1) is 13.6.